The highest BCUT2D eigenvalue weighted by atomic mass is 32.1. The third kappa shape index (κ3) is 3.70. The zero-order valence-electron chi connectivity index (χ0n) is 14.8. The van der Waals surface area contributed by atoms with Gasteiger partial charge in [-0.2, -0.15) is 5.26 Å². The van der Waals surface area contributed by atoms with Gasteiger partial charge < -0.3 is 4.74 Å². The van der Waals surface area contributed by atoms with Crippen molar-refractivity contribution in [3.05, 3.63) is 47.0 Å². The van der Waals surface area contributed by atoms with E-state index in [4.69, 9.17) is 10.00 Å². The Kier molecular flexibility index (Phi) is 4.75. The minimum absolute atomic E-state index is 0.272. The van der Waals surface area contributed by atoms with Crippen molar-refractivity contribution in [3.63, 3.8) is 0 Å². The Morgan fingerprint density at radius 3 is 3.00 bits per heavy atom. The lowest BCUT2D eigenvalue weighted by Crippen LogP contribution is -2.16. The van der Waals surface area contributed by atoms with Gasteiger partial charge >= 0.3 is 0 Å². The van der Waals surface area contributed by atoms with Crippen LogP contribution in [-0.2, 0) is 0 Å². The van der Waals surface area contributed by atoms with Crippen molar-refractivity contribution in [1.29, 1.82) is 5.26 Å². The predicted octanol–water partition coefficient (Wildman–Crippen LogP) is 2.62. The van der Waals surface area contributed by atoms with Crippen LogP contribution in [0.1, 0.15) is 33.9 Å². The van der Waals surface area contributed by atoms with E-state index in [2.05, 4.69) is 38.4 Å². The number of rotatable bonds is 4. The van der Waals surface area contributed by atoms with Gasteiger partial charge in [-0.25, -0.2) is 4.98 Å². The summed E-state index contributed by atoms with van der Waals surface area (Å²) < 4.78 is 6.91. The molecular weight excluding hydrogens is 376 g/mol. The number of hydrogen-bond donors (Lipinski definition) is 1. The number of nitrogens with zero attached hydrogens (tertiary/aromatic N) is 5. The van der Waals surface area contributed by atoms with Crippen molar-refractivity contribution in [2.45, 2.75) is 12.8 Å². The van der Waals surface area contributed by atoms with Gasteiger partial charge in [0.25, 0.3) is 5.91 Å². The topological polar surface area (TPSA) is 106 Å². The van der Waals surface area contributed by atoms with Crippen molar-refractivity contribution in [1.82, 2.24) is 19.7 Å². The van der Waals surface area contributed by atoms with Crippen molar-refractivity contribution in [2.75, 3.05) is 12.4 Å². The van der Waals surface area contributed by atoms with Crippen LogP contribution in [0.2, 0.25) is 0 Å². The molecule has 4 rings (SSSR count). The first-order chi connectivity index (χ1) is 13.7. The second-order valence-electron chi connectivity index (χ2n) is 6.06. The van der Waals surface area contributed by atoms with Crippen LogP contribution < -0.4 is 10.1 Å². The average molecular weight is 390 g/mol. The summed E-state index contributed by atoms with van der Waals surface area (Å²) in [5, 5.41) is 20.7. The number of ether oxygens (including phenoxy) is 1. The van der Waals surface area contributed by atoms with E-state index >= 15 is 0 Å². The lowest BCUT2D eigenvalue weighted by molar-refractivity contribution is 0.102. The first-order valence-electron chi connectivity index (χ1n) is 8.45. The molecule has 1 N–H and O–H groups in total. The number of hydrogen-bond acceptors (Lipinski definition) is 7. The molecule has 1 amide bonds. The summed E-state index contributed by atoms with van der Waals surface area (Å²) in [6, 6.07) is 7.02. The summed E-state index contributed by atoms with van der Waals surface area (Å²) in [5.41, 5.74) is 1.26. The molecule has 0 aliphatic heterocycles. The van der Waals surface area contributed by atoms with Crippen molar-refractivity contribution < 1.29 is 9.53 Å². The number of nitriles is 1. The monoisotopic (exact) mass is 390 g/mol. The second kappa shape index (κ2) is 7.51. The molecule has 0 saturated heterocycles. The minimum atomic E-state index is -0.403. The van der Waals surface area contributed by atoms with Gasteiger partial charge in [0.05, 0.1) is 37.0 Å². The number of anilines is 1. The summed E-state index contributed by atoms with van der Waals surface area (Å²) in [5.74, 6) is 6.67. The summed E-state index contributed by atoms with van der Waals surface area (Å²) in [4.78, 5) is 16.8. The molecule has 1 aliphatic carbocycles. The summed E-state index contributed by atoms with van der Waals surface area (Å²) in [6.45, 7) is 0. The molecule has 1 aliphatic rings. The van der Waals surface area contributed by atoms with E-state index in [9.17, 15) is 4.79 Å². The van der Waals surface area contributed by atoms with E-state index in [1.165, 1.54) is 31.0 Å². The van der Waals surface area contributed by atoms with Crippen molar-refractivity contribution in [2.24, 2.45) is 5.92 Å². The first kappa shape index (κ1) is 17.7. The number of nitrogens with one attached hydrogen (secondary N) is 1. The fourth-order valence-electron chi connectivity index (χ4n) is 2.48. The third-order valence-corrected chi connectivity index (χ3v) is 4.80. The van der Waals surface area contributed by atoms with Crippen molar-refractivity contribution >= 4 is 22.4 Å². The zero-order valence-corrected chi connectivity index (χ0v) is 15.7. The molecule has 0 radical (unpaired) electrons. The highest BCUT2D eigenvalue weighted by Gasteiger charge is 2.19. The molecule has 0 unspecified atom stereocenters. The number of carbonyl (C=O) groups is 1. The average Bonchev–Trinajstić information content (AvgIpc) is 3.23. The van der Waals surface area contributed by atoms with Gasteiger partial charge in [0.2, 0.25) is 5.13 Å². The molecule has 3 aromatic rings. The van der Waals surface area contributed by atoms with Crippen LogP contribution in [0, 0.1) is 29.1 Å². The molecule has 28 heavy (non-hydrogen) atoms. The molecule has 1 saturated carbocycles. The first-order valence-corrected chi connectivity index (χ1v) is 9.27. The number of amides is 1. The third-order valence-electron chi connectivity index (χ3n) is 4.04. The Morgan fingerprint density at radius 1 is 1.39 bits per heavy atom. The zero-order chi connectivity index (χ0) is 19.5. The van der Waals surface area contributed by atoms with Crippen LogP contribution in [0.5, 0.6) is 5.75 Å². The van der Waals surface area contributed by atoms with E-state index in [-0.39, 0.29) is 5.69 Å². The van der Waals surface area contributed by atoms with Crippen LogP contribution in [0.15, 0.2) is 30.7 Å². The Hall–Kier alpha value is -3.69. The van der Waals surface area contributed by atoms with Gasteiger partial charge in [0, 0.05) is 5.92 Å². The van der Waals surface area contributed by atoms with E-state index in [0.29, 0.717) is 33.1 Å². The van der Waals surface area contributed by atoms with Gasteiger partial charge in [-0.3, -0.25) is 14.7 Å². The Labute approximate surface area is 164 Å². The van der Waals surface area contributed by atoms with Gasteiger partial charge in [-0.1, -0.05) is 17.3 Å². The maximum absolute atomic E-state index is 12.7. The van der Waals surface area contributed by atoms with E-state index < -0.39 is 5.91 Å². The fourth-order valence-corrected chi connectivity index (χ4v) is 3.08. The van der Waals surface area contributed by atoms with Gasteiger partial charge in [-0.05, 0) is 37.0 Å². The molecule has 1 aromatic carbocycles. The maximum Gasteiger partial charge on any atom is 0.276 e. The van der Waals surface area contributed by atoms with E-state index in [1.54, 1.807) is 22.8 Å². The van der Waals surface area contributed by atoms with Gasteiger partial charge in [0.1, 0.15) is 11.4 Å². The summed E-state index contributed by atoms with van der Waals surface area (Å²) >= 11 is 1.22. The van der Waals surface area contributed by atoms with Crippen LogP contribution >= 0.6 is 11.3 Å². The lowest BCUT2D eigenvalue weighted by Gasteiger charge is -2.12. The second-order valence-corrected chi connectivity index (χ2v) is 7.03. The predicted molar refractivity (Wildman–Crippen MR) is 102 cm³/mol. The molecule has 138 valence electrons. The van der Waals surface area contributed by atoms with Crippen LogP contribution in [0.4, 0.5) is 5.13 Å². The Balaban J connectivity index is 1.58. The molecule has 0 atom stereocenters. The number of imidazole rings is 1. The van der Waals surface area contributed by atoms with E-state index in [0.717, 1.165) is 12.8 Å². The van der Waals surface area contributed by atoms with Crippen molar-refractivity contribution in [3.8, 4) is 29.3 Å². The lowest BCUT2D eigenvalue weighted by atomic mass is 10.2. The van der Waals surface area contributed by atoms with Crippen LogP contribution in [0.25, 0.3) is 5.69 Å². The molecule has 8 nitrogen and oxygen atoms in total. The molecule has 0 bridgehead atoms. The van der Waals surface area contributed by atoms with E-state index in [1.807, 2.05) is 0 Å². The largest absolute Gasteiger partial charge is 0.495 e. The highest BCUT2D eigenvalue weighted by Crippen LogP contribution is 2.28. The number of carbonyl (C=O) groups excluding carboxylic acids is 1. The molecule has 0 spiro atoms. The fraction of sp³-hybridized carbons (Fsp3) is 0.211. The van der Waals surface area contributed by atoms with Crippen LogP contribution in [-0.4, -0.2) is 32.8 Å². The molecule has 2 aromatic heterocycles. The SMILES string of the molecule is COc1ccc(C#N)cc1-n1cncc1C(=O)Nc1nnc(C#CC2CC2)s1. The molecular formula is C19H14N6O2S. The minimum Gasteiger partial charge on any atom is -0.495 e. The highest BCUT2D eigenvalue weighted by molar-refractivity contribution is 7.15. The summed E-state index contributed by atoms with van der Waals surface area (Å²) in [6.07, 6.45) is 5.19. The maximum atomic E-state index is 12.7. The Morgan fingerprint density at radius 2 is 2.25 bits per heavy atom. The number of benzene rings is 1. The molecule has 2 heterocycles. The summed E-state index contributed by atoms with van der Waals surface area (Å²) in [7, 11) is 1.52. The number of methoxy groups -OCH3 is 1. The smallest absolute Gasteiger partial charge is 0.276 e. The number of aromatic nitrogens is 4. The quantitative estimate of drug-likeness (QED) is 0.687. The molecule has 1 fully saturated rings. The Bertz CT molecular complexity index is 1140. The van der Waals surface area contributed by atoms with Gasteiger partial charge in [0.15, 0.2) is 5.01 Å². The normalized spacial score (nSPS) is 12.6. The standard InChI is InChI=1S/C19H14N6O2S/c1-27-16-6-4-13(9-20)8-14(16)25-11-21-10-15(25)18(26)22-19-24-23-17(28-19)7-5-12-2-3-12/h4,6,8,10-12H,2-3H2,1H3,(H,22,24,26). The van der Waals surface area contributed by atoms with Gasteiger partial charge in [-0.15, -0.1) is 10.2 Å². The van der Waals surface area contributed by atoms with Crippen LogP contribution in [0.3, 0.4) is 0 Å². The molecule has 9 heteroatoms.